The number of carbonyl (C=O) groups excluding carboxylic acids is 2. The molecule has 1 aromatic heterocycles. The van der Waals surface area contributed by atoms with Gasteiger partial charge < -0.3 is 16.2 Å². The summed E-state index contributed by atoms with van der Waals surface area (Å²) in [5.41, 5.74) is 4.77. The van der Waals surface area contributed by atoms with E-state index in [0.717, 1.165) is 31.2 Å². The average Bonchev–Trinajstić information content (AvgIpc) is 2.91. The minimum Gasteiger partial charge on any atom is -0.384 e. The van der Waals surface area contributed by atoms with Gasteiger partial charge in [-0.05, 0) is 25.1 Å². The van der Waals surface area contributed by atoms with Crippen LogP contribution in [0.3, 0.4) is 0 Å². The van der Waals surface area contributed by atoms with Crippen molar-refractivity contribution < 1.29 is 31.9 Å². The summed E-state index contributed by atoms with van der Waals surface area (Å²) in [4.78, 5) is 21.8. The van der Waals surface area contributed by atoms with Crippen LogP contribution in [0.1, 0.15) is 17.3 Å². The summed E-state index contributed by atoms with van der Waals surface area (Å²) in [6.45, 7) is 1.15. The van der Waals surface area contributed by atoms with E-state index in [-0.39, 0.29) is 10.6 Å². The number of aliphatic hydroxyl groups is 1. The summed E-state index contributed by atoms with van der Waals surface area (Å²) in [5, 5.41) is 11.1. The highest BCUT2D eigenvalue weighted by molar-refractivity contribution is 7.93. The van der Waals surface area contributed by atoms with E-state index >= 15 is 0 Å². The first-order valence-electron chi connectivity index (χ1n) is 6.67. The van der Waals surface area contributed by atoms with E-state index in [1.165, 1.54) is 0 Å². The van der Waals surface area contributed by atoms with Crippen molar-refractivity contribution in [3.63, 3.8) is 0 Å². The largest absolute Gasteiger partial charge is 0.384 e. The summed E-state index contributed by atoms with van der Waals surface area (Å²) in [6, 6.07) is 3.36. The third kappa shape index (κ3) is 3.67. The number of benzene rings is 1. The predicted octanol–water partition coefficient (Wildman–Crippen LogP) is 1.28. The maximum absolute atomic E-state index is 13.8. The molecule has 25 heavy (non-hydrogen) atoms. The summed E-state index contributed by atoms with van der Waals surface area (Å²) in [7, 11) is -4.64. The Morgan fingerprint density at radius 1 is 1.28 bits per heavy atom. The third-order valence-corrected chi connectivity index (χ3v) is 6.37. The highest BCUT2D eigenvalue weighted by Crippen LogP contribution is 2.36. The number of hydrogen-bond acceptors (Lipinski definition) is 6. The topological polar surface area (TPSA) is 127 Å². The SMILES string of the molecule is C[C@H](O)C(=O)Nc1sc(S(=O)(=O)c2c(F)cccc2F)cc1C(N)=O. The number of nitrogens with one attached hydrogen (secondary N) is 1. The van der Waals surface area contributed by atoms with Crippen LogP contribution in [0.2, 0.25) is 0 Å². The number of sulfone groups is 1. The number of anilines is 1. The quantitative estimate of drug-likeness (QED) is 0.709. The van der Waals surface area contributed by atoms with Crippen LogP contribution in [0.4, 0.5) is 13.8 Å². The van der Waals surface area contributed by atoms with Gasteiger partial charge in [0.15, 0.2) is 0 Å². The zero-order valence-corrected chi connectivity index (χ0v) is 14.2. The molecule has 0 aliphatic heterocycles. The number of rotatable bonds is 5. The molecule has 1 atom stereocenters. The number of primary amides is 1. The Morgan fingerprint density at radius 3 is 2.32 bits per heavy atom. The summed E-state index contributed by atoms with van der Waals surface area (Å²) >= 11 is 0.388. The molecular formula is C14H12F2N2O5S2. The second-order valence-corrected chi connectivity index (χ2v) is 8.06. The second kappa shape index (κ2) is 6.86. The average molecular weight is 390 g/mol. The molecule has 1 aromatic carbocycles. The van der Waals surface area contributed by atoms with Gasteiger partial charge in [0.1, 0.15) is 31.8 Å². The standard InChI is InChI=1S/C14H12F2N2O5S2/c1-6(19)13(21)18-14-7(12(17)20)5-10(24-14)25(22,23)11-8(15)3-2-4-9(11)16/h2-6,19H,1H3,(H2,17,20)(H,18,21)/t6-/m0/s1. The van der Waals surface area contributed by atoms with Gasteiger partial charge in [-0.15, -0.1) is 11.3 Å². The maximum atomic E-state index is 13.8. The zero-order valence-electron chi connectivity index (χ0n) is 12.6. The van der Waals surface area contributed by atoms with Gasteiger partial charge in [0.25, 0.3) is 11.8 Å². The summed E-state index contributed by atoms with van der Waals surface area (Å²) in [6.07, 6.45) is -1.44. The van der Waals surface area contributed by atoms with Crippen LogP contribution >= 0.6 is 11.3 Å². The number of halogens is 2. The molecule has 2 rings (SSSR count). The van der Waals surface area contributed by atoms with Crippen molar-refractivity contribution in [1.82, 2.24) is 0 Å². The number of nitrogens with two attached hydrogens (primary N) is 1. The first-order valence-corrected chi connectivity index (χ1v) is 8.97. The fourth-order valence-corrected chi connectivity index (χ4v) is 4.69. The lowest BCUT2D eigenvalue weighted by Gasteiger charge is -2.06. The Hall–Kier alpha value is -2.37. The first kappa shape index (κ1) is 19.0. The van der Waals surface area contributed by atoms with Gasteiger partial charge in [-0.25, -0.2) is 17.2 Å². The molecule has 0 aliphatic carbocycles. The summed E-state index contributed by atoms with van der Waals surface area (Å²) < 4.78 is 52.0. The molecule has 4 N–H and O–H groups in total. The predicted molar refractivity (Wildman–Crippen MR) is 85.0 cm³/mol. The van der Waals surface area contributed by atoms with Gasteiger partial charge in [0.05, 0.1) is 5.56 Å². The van der Waals surface area contributed by atoms with Crippen molar-refractivity contribution in [1.29, 1.82) is 0 Å². The van der Waals surface area contributed by atoms with Crippen LogP contribution in [0.25, 0.3) is 0 Å². The van der Waals surface area contributed by atoms with Crippen LogP contribution < -0.4 is 11.1 Å². The Labute approximate surface area is 145 Å². The molecule has 0 fully saturated rings. The monoisotopic (exact) mass is 390 g/mol. The minimum atomic E-state index is -4.64. The smallest absolute Gasteiger partial charge is 0.253 e. The van der Waals surface area contributed by atoms with Gasteiger partial charge in [-0.3, -0.25) is 9.59 Å². The van der Waals surface area contributed by atoms with Gasteiger partial charge in [-0.1, -0.05) is 6.07 Å². The summed E-state index contributed by atoms with van der Waals surface area (Å²) in [5.74, 6) is -4.58. The Morgan fingerprint density at radius 2 is 1.84 bits per heavy atom. The molecule has 7 nitrogen and oxygen atoms in total. The molecule has 11 heteroatoms. The molecular weight excluding hydrogens is 378 g/mol. The molecule has 0 spiro atoms. The van der Waals surface area contributed by atoms with E-state index < -0.39 is 48.5 Å². The van der Waals surface area contributed by atoms with Gasteiger partial charge in [0.2, 0.25) is 9.84 Å². The van der Waals surface area contributed by atoms with Crippen molar-refractivity contribution in [2.24, 2.45) is 5.73 Å². The molecule has 0 radical (unpaired) electrons. The molecule has 0 unspecified atom stereocenters. The van der Waals surface area contributed by atoms with E-state index in [0.29, 0.717) is 11.3 Å². The number of aliphatic hydroxyl groups excluding tert-OH is 1. The van der Waals surface area contributed by atoms with Crippen LogP contribution in [0.5, 0.6) is 0 Å². The first-order chi connectivity index (χ1) is 11.6. The number of amides is 2. The minimum absolute atomic E-state index is 0.256. The number of carbonyl (C=O) groups is 2. The maximum Gasteiger partial charge on any atom is 0.253 e. The lowest BCUT2D eigenvalue weighted by Crippen LogP contribution is -2.25. The molecule has 2 amide bonds. The Balaban J connectivity index is 2.60. The lowest BCUT2D eigenvalue weighted by atomic mass is 10.3. The Bertz CT molecular complexity index is 934. The van der Waals surface area contributed by atoms with Gasteiger partial charge >= 0.3 is 0 Å². The van der Waals surface area contributed by atoms with Crippen molar-refractivity contribution >= 4 is 38.0 Å². The molecule has 0 saturated heterocycles. The van der Waals surface area contributed by atoms with Crippen LogP contribution in [0.15, 0.2) is 33.4 Å². The van der Waals surface area contributed by atoms with Gasteiger partial charge in [-0.2, -0.15) is 0 Å². The van der Waals surface area contributed by atoms with Crippen LogP contribution in [0, 0.1) is 11.6 Å². The van der Waals surface area contributed by atoms with Crippen molar-refractivity contribution in [2.45, 2.75) is 22.1 Å². The van der Waals surface area contributed by atoms with E-state index in [4.69, 9.17) is 5.73 Å². The highest BCUT2D eigenvalue weighted by Gasteiger charge is 2.30. The van der Waals surface area contributed by atoms with E-state index in [1.54, 1.807) is 0 Å². The molecule has 0 saturated carbocycles. The highest BCUT2D eigenvalue weighted by atomic mass is 32.2. The van der Waals surface area contributed by atoms with Gasteiger partial charge in [0, 0.05) is 0 Å². The van der Waals surface area contributed by atoms with Crippen LogP contribution in [-0.4, -0.2) is 31.4 Å². The number of thiophene rings is 1. The number of hydrogen-bond donors (Lipinski definition) is 3. The van der Waals surface area contributed by atoms with Crippen molar-refractivity contribution in [3.8, 4) is 0 Å². The molecule has 2 aromatic rings. The third-order valence-electron chi connectivity index (χ3n) is 3.04. The van der Waals surface area contributed by atoms with E-state index in [1.807, 2.05) is 0 Å². The molecule has 134 valence electrons. The second-order valence-electron chi connectivity index (χ2n) is 4.89. The van der Waals surface area contributed by atoms with Crippen molar-refractivity contribution in [2.75, 3.05) is 5.32 Å². The fourth-order valence-electron chi connectivity index (χ4n) is 1.83. The van der Waals surface area contributed by atoms with Crippen molar-refractivity contribution in [3.05, 3.63) is 41.5 Å². The van der Waals surface area contributed by atoms with E-state index in [2.05, 4.69) is 5.32 Å². The van der Waals surface area contributed by atoms with Crippen LogP contribution in [-0.2, 0) is 14.6 Å². The Kier molecular flexibility index (Phi) is 5.20. The fraction of sp³-hybridized carbons (Fsp3) is 0.143. The molecule has 0 bridgehead atoms. The molecule has 1 heterocycles. The normalized spacial score (nSPS) is 12.6. The zero-order chi connectivity index (χ0) is 18.9. The lowest BCUT2D eigenvalue weighted by molar-refractivity contribution is -0.123. The van der Waals surface area contributed by atoms with E-state index in [9.17, 15) is 31.9 Å². The molecule has 0 aliphatic rings.